The Morgan fingerprint density at radius 1 is 1.00 bits per heavy atom. The molecule has 0 spiro atoms. The minimum atomic E-state index is -0.653. The minimum Gasteiger partial charge on any atom is -0.338 e. The van der Waals surface area contributed by atoms with Gasteiger partial charge in [0, 0.05) is 56.7 Å². The van der Waals surface area contributed by atoms with Crippen LogP contribution in [0.4, 0.5) is 0 Å². The number of rotatable bonds is 6. The number of aromatic nitrogens is 3. The fourth-order valence-electron chi connectivity index (χ4n) is 3.86. The molecule has 1 amide bonds. The van der Waals surface area contributed by atoms with E-state index in [1.54, 1.807) is 25.4 Å². The molecule has 1 fully saturated rings. The van der Waals surface area contributed by atoms with Crippen LogP contribution in [-0.2, 0) is 11.2 Å². The molecule has 2 aromatic heterocycles. The molecule has 1 atom stereocenters. The first kappa shape index (κ1) is 20.9. The number of carbonyl (C=O) groups excluding carboxylic acids is 1. The van der Waals surface area contributed by atoms with Gasteiger partial charge in [-0.05, 0) is 37.1 Å². The number of benzene rings is 1. The predicted molar refractivity (Wildman–Crippen MR) is 120 cm³/mol. The van der Waals surface area contributed by atoms with Crippen molar-refractivity contribution in [2.45, 2.75) is 19.4 Å². The minimum absolute atomic E-state index is 0.0688. The molecular formula is C24H27N5O2. The third kappa shape index (κ3) is 5.06. The lowest BCUT2D eigenvalue weighted by Crippen LogP contribution is -2.51. The third-order valence-electron chi connectivity index (χ3n) is 5.75. The van der Waals surface area contributed by atoms with Gasteiger partial charge in [0.2, 0.25) is 5.91 Å². The summed E-state index contributed by atoms with van der Waals surface area (Å²) in [6.07, 6.45) is 4.38. The first-order valence-corrected chi connectivity index (χ1v) is 10.7. The van der Waals surface area contributed by atoms with Gasteiger partial charge in [-0.3, -0.25) is 19.5 Å². The Morgan fingerprint density at radius 3 is 2.48 bits per heavy atom. The summed E-state index contributed by atoms with van der Waals surface area (Å²) in [5.74, 6) is -0.0688. The van der Waals surface area contributed by atoms with Gasteiger partial charge in [0.15, 0.2) is 0 Å². The maximum atomic E-state index is 13.1. The van der Waals surface area contributed by atoms with E-state index < -0.39 is 6.04 Å². The van der Waals surface area contributed by atoms with E-state index in [-0.39, 0.29) is 11.5 Å². The number of piperazine rings is 1. The van der Waals surface area contributed by atoms with Gasteiger partial charge >= 0.3 is 0 Å². The van der Waals surface area contributed by atoms with Crippen LogP contribution < -0.4 is 5.56 Å². The number of pyridine rings is 1. The quantitative estimate of drug-likeness (QED) is 0.615. The Balaban J connectivity index is 1.37. The lowest BCUT2D eigenvalue weighted by molar-refractivity contribution is -0.136. The van der Waals surface area contributed by atoms with Crippen molar-refractivity contribution in [3.05, 3.63) is 82.9 Å². The zero-order chi connectivity index (χ0) is 21.6. The molecule has 0 saturated carbocycles. The summed E-state index contributed by atoms with van der Waals surface area (Å²) in [7, 11) is 0. The predicted octanol–water partition coefficient (Wildman–Crippen LogP) is 2.25. The van der Waals surface area contributed by atoms with Crippen LogP contribution in [0.1, 0.15) is 18.5 Å². The number of hydrogen-bond donors (Lipinski definition) is 0. The molecule has 1 saturated heterocycles. The lowest BCUT2D eigenvalue weighted by Gasteiger charge is -2.36. The van der Waals surface area contributed by atoms with Crippen molar-refractivity contribution in [3.63, 3.8) is 0 Å². The topological polar surface area (TPSA) is 71.3 Å². The van der Waals surface area contributed by atoms with Crippen LogP contribution >= 0.6 is 0 Å². The van der Waals surface area contributed by atoms with E-state index in [4.69, 9.17) is 0 Å². The van der Waals surface area contributed by atoms with Crippen LogP contribution in [-0.4, -0.2) is 63.2 Å². The Bertz CT molecular complexity index is 1060. The summed E-state index contributed by atoms with van der Waals surface area (Å²) in [5, 5.41) is 4.44. The largest absolute Gasteiger partial charge is 0.338 e. The summed E-state index contributed by atoms with van der Waals surface area (Å²) in [5.41, 5.74) is 2.48. The van der Waals surface area contributed by atoms with E-state index >= 15 is 0 Å². The molecule has 0 N–H and O–H groups in total. The molecule has 160 valence electrons. The zero-order valence-corrected chi connectivity index (χ0v) is 17.7. The van der Waals surface area contributed by atoms with Crippen LogP contribution in [0.5, 0.6) is 0 Å². The molecule has 1 aliphatic heterocycles. The third-order valence-corrected chi connectivity index (χ3v) is 5.75. The highest BCUT2D eigenvalue weighted by Gasteiger charge is 2.27. The second kappa shape index (κ2) is 9.66. The number of nitrogens with zero attached hydrogens (tertiary/aromatic N) is 5. The fraction of sp³-hybridized carbons (Fsp3) is 0.333. The molecule has 31 heavy (non-hydrogen) atoms. The second-order valence-corrected chi connectivity index (χ2v) is 7.82. The first-order valence-electron chi connectivity index (χ1n) is 10.7. The van der Waals surface area contributed by atoms with Gasteiger partial charge in [0.25, 0.3) is 5.56 Å². The van der Waals surface area contributed by atoms with Crippen molar-refractivity contribution in [1.82, 2.24) is 24.6 Å². The van der Waals surface area contributed by atoms with Crippen LogP contribution in [0.3, 0.4) is 0 Å². The molecule has 7 nitrogen and oxygen atoms in total. The van der Waals surface area contributed by atoms with Crippen molar-refractivity contribution in [2.75, 3.05) is 32.7 Å². The van der Waals surface area contributed by atoms with Crippen molar-refractivity contribution < 1.29 is 4.79 Å². The van der Waals surface area contributed by atoms with Crippen molar-refractivity contribution in [3.8, 4) is 11.3 Å². The van der Waals surface area contributed by atoms with E-state index in [0.29, 0.717) is 18.8 Å². The number of hydrogen-bond acceptors (Lipinski definition) is 5. The molecule has 7 heteroatoms. The van der Waals surface area contributed by atoms with E-state index in [9.17, 15) is 9.59 Å². The standard InChI is InChI=1S/C24H27N5O2/c1-19(29-23(30)10-9-22(26-29)21-8-5-12-25-18-21)24(31)28-16-14-27(15-17-28)13-11-20-6-3-2-4-7-20/h2-10,12,18-19H,11,13-17H2,1H3. The summed E-state index contributed by atoms with van der Waals surface area (Å²) >= 11 is 0. The summed E-state index contributed by atoms with van der Waals surface area (Å²) in [6.45, 7) is 5.72. The Labute approximate surface area is 182 Å². The van der Waals surface area contributed by atoms with E-state index in [0.717, 1.165) is 31.6 Å². The van der Waals surface area contributed by atoms with E-state index in [1.807, 2.05) is 23.1 Å². The van der Waals surface area contributed by atoms with Gasteiger partial charge in [-0.2, -0.15) is 5.10 Å². The molecule has 1 unspecified atom stereocenters. The molecule has 3 heterocycles. The SMILES string of the molecule is CC(C(=O)N1CCN(CCc2ccccc2)CC1)n1nc(-c2cccnc2)ccc1=O. The maximum absolute atomic E-state index is 13.1. The summed E-state index contributed by atoms with van der Waals surface area (Å²) in [6, 6.07) is 16.6. The van der Waals surface area contributed by atoms with Crippen LogP contribution in [0.25, 0.3) is 11.3 Å². The normalized spacial score (nSPS) is 15.6. The number of amides is 1. The average Bonchev–Trinajstić information content (AvgIpc) is 2.84. The van der Waals surface area contributed by atoms with Crippen LogP contribution in [0.2, 0.25) is 0 Å². The van der Waals surface area contributed by atoms with Gasteiger partial charge in [0.05, 0.1) is 5.69 Å². The summed E-state index contributed by atoms with van der Waals surface area (Å²) < 4.78 is 1.28. The van der Waals surface area contributed by atoms with Gasteiger partial charge in [-0.25, -0.2) is 4.68 Å². The molecule has 0 bridgehead atoms. The van der Waals surface area contributed by atoms with Gasteiger partial charge in [-0.15, -0.1) is 0 Å². The number of carbonyl (C=O) groups is 1. The zero-order valence-electron chi connectivity index (χ0n) is 17.7. The highest BCUT2D eigenvalue weighted by molar-refractivity contribution is 5.80. The molecular weight excluding hydrogens is 390 g/mol. The van der Waals surface area contributed by atoms with Gasteiger partial charge < -0.3 is 4.90 Å². The molecule has 0 radical (unpaired) electrons. The van der Waals surface area contributed by atoms with Gasteiger partial charge in [0.1, 0.15) is 6.04 Å². The molecule has 0 aliphatic carbocycles. The van der Waals surface area contributed by atoms with E-state index in [1.165, 1.54) is 16.3 Å². The Hall–Kier alpha value is -3.32. The fourth-order valence-corrected chi connectivity index (χ4v) is 3.86. The average molecular weight is 418 g/mol. The molecule has 1 aromatic carbocycles. The van der Waals surface area contributed by atoms with Crippen molar-refractivity contribution in [1.29, 1.82) is 0 Å². The van der Waals surface area contributed by atoms with Gasteiger partial charge in [-0.1, -0.05) is 30.3 Å². The maximum Gasteiger partial charge on any atom is 0.267 e. The van der Waals surface area contributed by atoms with E-state index in [2.05, 4.69) is 39.2 Å². The first-order chi connectivity index (χ1) is 15.1. The Kier molecular flexibility index (Phi) is 6.52. The monoisotopic (exact) mass is 417 g/mol. The lowest BCUT2D eigenvalue weighted by atomic mass is 10.1. The van der Waals surface area contributed by atoms with Crippen LogP contribution in [0, 0.1) is 0 Å². The van der Waals surface area contributed by atoms with Crippen LogP contribution in [0.15, 0.2) is 71.8 Å². The van der Waals surface area contributed by atoms with Crippen molar-refractivity contribution in [2.24, 2.45) is 0 Å². The second-order valence-electron chi connectivity index (χ2n) is 7.82. The highest BCUT2D eigenvalue weighted by Crippen LogP contribution is 2.16. The highest BCUT2D eigenvalue weighted by atomic mass is 16.2. The Morgan fingerprint density at radius 2 is 1.77 bits per heavy atom. The molecule has 3 aromatic rings. The molecule has 4 rings (SSSR count). The molecule has 1 aliphatic rings. The van der Waals surface area contributed by atoms with Crippen molar-refractivity contribution >= 4 is 5.91 Å². The smallest absolute Gasteiger partial charge is 0.267 e. The summed E-state index contributed by atoms with van der Waals surface area (Å²) in [4.78, 5) is 33.8.